The summed E-state index contributed by atoms with van der Waals surface area (Å²) >= 11 is 0. The second-order valence-electron chi connectivity index (χ2n) is 5.39. The van der Waals surface area contributed by atoms with Gasteiger partial charge < -0.3 is 10.1 Å². The zero-order valence-electron chi connectivity index (χ0n) is 11.8. The van der Waals surface area contributed by atoms with E-state index in [0.29, 0.717) is 0 Å². The molecule has 1 heterocycles. The van der Waals surface area contributed by atoms with E-state index in [1.54, 1.807) is 12.1 Å². The number of hydrogen-bond donors (Lipinski definition) is 1. The molecule has 1 aromatic carbocycles. The Morgan fingerprint density at radius 3 is 2.40 bits per heavy atom. The molecule has 0 spiro atoms. The van der Waals surface area contributed by atoms with Crippen molar-refractivity contribution >= 4 is 5.69 Å². The Hall–Kier alpha value is -1.39. The van der Waals surface area contributed by atoms with Gasteiger partial charge in [-0.05, 0) is 36.6 Å². The van der Waals surface area contributed by atoms with Crippen molar-refractivity contribution in [2.75, 3.05) is 11.9 Å². The lowest BCUT2D eigenvalue weighted by atomic mass is 9.75. The Bertz CT molecular complexity index is 459. The van der Waals surface area contributed by atoms with Crippen LogP contribution in [-0.2, 0) is 5.41 Å². The molecule has 112 valence electrons. The molecule has 1 aliphatic rings. The standard InChI is InChI=1S/C15H20F3NO/c1-3-7-14(8-4-2)10-19-13-6-5-11(9-12(13)14)20-15(16,17)18/h5-6,9,19H,3-4,7-8,10H2,1-2H3. The number of rotatable bonds is 5. The normalized spacial score (nSPS) is 16.6. The van der Waals surface area contributed by atoms with E-state index in [1.165, 1.54) is 6.07 Å². The first-order valence-electron chi connectivity index (χ1n) is 7.04. The van der Waals surface area contributed by atoms with Crippen molar-refractivity contribution < 1.29 is 17.9 Å². The van der Waals surface area contributed by atoms with Crippen LogP contribution in [0.2, 0.25) is 0 Å². The van der Waals surface area contributed by atoms with Crippen molar-refractivity contribution in [3.8, 4) is 5.75 Å². The minimum absolute atomic E-state index is 0.0657. The Kier molecular flexibility index (Phi) is 4.16. The first-order valence-corrected chi connectivity index (χ1v) is 7.04. The molecule has 5 heteroatoms. The summed E-state index contributed by atoms with van der Waals surface area (Å²) in [5.74, 6) is -0.128. The molecule has 0 bridgehead atoms. The van der Waals surface area contributed by atoms with Gasteiger partial charge in [0, 0.05) is 17.6 Å². The highest BCUT2D eigenvalue weighted by Crippen LogP contribution is 2.45. The largest absolute Gasteiger partial charge is 0.573 e. The number of alkyl halides is 3. The molecule has 0 amide bonds. The van der Waals surface area contributed by atoms with E-state index in [-0.39, 0.29) is 11.2 Å². The van der Waals surface area contributed by atoms with Gasteiger partial charge in [-0.2, -0.15) is 0 Å². The maximum atomic E-state index is 12.3. The summed E-state index contributed by atoms with van der Waals surface area (Å²) in [6.45, 7) is 5.00. The van der Waals surface area contributed by atoms with Gasteiger partial charge in [0.25, 0.3) is 0 Å². The maximum absolute atomic E-state index is 12.3. The van der Waals surface area contributed by atoms with Crippen LogP contribution in [0, 0.1) is 0 Å². The molecule has 0 radical (unpaired) electrons. The molecule has 0 unspecified atom stereocenters. The third-order valence-electron chi connectivity index (χ3n) is 3.87. The highest BCUT2D eigenvalue weighted by molar-refractivity contribution is 5.62. The van der Waals surface area contributed by atoms with E-state index in [2.05, 4.69) is 23.9 Å². The molecule has 0 fully saturated rings. The van der Waals surface area contributed by atoms with Gasteiger partial charge in [-0.15, -0.1) is 13.2 Å². The lowest BCUT2D eigenvalue weighted by molar-refractivity contribution is -0.274. The molecule has 0 saturated heterocycles. The number of hydrogen-bond acceptors (Lipinski definition) is 2. The van der Waals surface area contributed by atoms with Crippen LogP contribution in [0.1, 0.15) is 45.1 Å². The summed E-state index contributed by atoms with van der Waals surface area (Å²) in [4.78, 5) is 0. The van der Waals surface area contributed by atoms with Crippen molar-refractivity contribution in [3.05, 3.63) is 23.8 Å². The second kappa shape index (κ2) is 5.54. The lowest BCUT2D eigenvalue weighted by Crippen LogP contribution is -2.28. The number of fused-ring (bicyclic) bond motifs is 1. The summed E-state index contributed by atoms with van der Waals surface area (Å²) in [6.07, 6.45) is -0.692. The van der Waals surface area contributed by atoms with Crippen LogP contribution in [0.25, 0.3) is 0 Å². The molecule has 1 N–H and O–H groups in total. The molecular formula is C15H20F3NO. The molecule has 2 nitrogen and oxygen atoms in total. The van der Waals surface area contributed by atoms with Crippen molar-refractivity contribution in [2.45, 2.75) is 51.3 Å². The molecule has 0 saturated carbocycles. The Morgan fingerprint density at radius 1 is 1.20 bits per heavy atom. The van der Waals surface area contributed by atoms with E-state index in [0.717, 1.165) is 43.5 Å². The summed E-state index contributed by atoms with van der Waals surface area (Å²) < 4.78 is 41.1. The van der Waals surface area contributed by atoms with Gasteiger partial charge in [-0.25, -0.2) is 0 Å². The van der Waals surface area contributed by atoms with Gasteiger partial charge in [0.15, 0.2) is 0 Å². The third-order valence-corrected chi connectivity index (χ3v) is 3.87. The van der Waals surface area contributed by atoms with Crippen LogP contribution < -0.4 is 10.1 Å². The average Bonchev–Trinajstić information content (AvgIpc) is 2.67. The molecule has 0 aliphatic carbocycles. The predicted octanol–water partition coefficient (Wildman–Crippen LogP) is 4.85. The second-order valence-corrected chi connectivity index (χ2v) is 5.39. The van der Waals surface area contributed by atoms with Gasteiger partial charge >= 0.3 is 6.36 Å². The number of benzene rings is 1. The number of anilines is 1. The van der Waals surface area contributed by atoms with Crippen LogP contribution in [0.15, 0.2) is 18.2 Å². The molecule has 0 atom stereocenters. The van der Waals surface area contributed by atoms with Gasteiger partial charge in [0.05, 0.1) is 0 Å². The van der Waals surface area contributed by atoms with Crippen LogP contribution >= 0.6 is 0 Å². The van der Waals surface area contributed by atoms with Crippen LogP contribution in [0.4, 0.5) is 18.9 Å². The Morgan fingerprint density at radius 2 is 1.85 bits per heavy atom. The van der Waals surface area contributed by atoms with Gasteiger partial charge in [-0.3, -0.25) is 0 Å². The Balaban J connectivity index is 2.35. The number of halogens is 3. The first-order chi connectivity index (χ1) is 9.40. The highest BCUT2D eigenvalue weighted by Gasteiger charge is 2.38. The van der Waals surface area contributed by atoms with E-state index < -0.39 is 6.36 Å². The predicted molar refractivity (Wildman–Crippen MR) is 73.1 cm³/mol. The minimum Gasteiger partial charge on any atom is -0.406 e. The van der Waals surface area contributed by atoms with Gasteiger partial charge in [0.2, 0.25) is 0 Å². The molecular weight excluding hydrogens is 267 g/mol. The molecule has 1 aliphatic heterocycles. The van der Waals surface area contributed by atoms with E-state index in [1.807, 2.05) is 0 Å². The molecule has 2 rings (SSSR count). The summed E-state index contributed by atoms with van der Waals surface area (Å²) in [5.41, 5.74) is 1.83. The zero-order chi connectivity index (χ0) is 14.8. The van der Waals surface area contributed by atoms with Gasteiger partial charge in [0.1, 0.15) is 5.75 Å². The smallest absolute Gasteiger partial charge is 0.406 e. The molecule has 1 aromatic rings. The zero-order valence-corrected chi connectivity index (χ0v) is 11.8. The Labute approximate surface area is 117 Å². The maximum Gasteiger partial charge on any atom is 0.573 e. The van der Waals surface area contributed by atoms with Crippen molar-refractivity contribution in [2.24, 2.45) is 0 Å². The summed E-state index contributed by atoms with van der Waals surface area (Å²) in [7, 11) is 0. The summed E-state index contributed by atoms with van der Waals surface area (Å²) in [5, 5.41) is 3.31. The lowest BCUT2D eigenvalue weighted by Gasteiger charge is -2.29. The SMILES string of the molecule is CCCC1(CCC)CNc2ccc(OC(F)(F)F)cc21. The highest BCUT2D eigenvalue weighted by atomic mass is 19.4. The topological polar surface area (TPSA) is 21.3 Å². The number of ether oxygens (including phenoxy) is 1. The van der Waals surface area contributed by atoms with E-state index in [4.69, 9.17) is 0 Å². The third kappa shape index (κ3) is 3.02. The fourth-order valence-corrected chi connectivity index (χ4v) is 3.20. The fraction of sp³-hybridized carbons (Fsp3) is 0.600. The van der Waals surface area contributed by atoms with E-state index >= 15 is 0 Å². The molecule has 20 heavy (non-hydrogen) atoms. The van der Waals surface area contributed by atoms with Gasteiger partial charge in [-0.1, -0.05) is 26.7 Å². The van der Waals surface area contributed by atoms with Crippen molar-refractivity contribution in [1.29, 1.82) is 0 Å². The minimum atomic E-state index is -4.64. The monoisotopic (exact) mass is 287 g/mol. The average molecular weight is 287 g/mol. The summed E-state index contributed by atoms with van der Waals surface area (Å²) in [6, 6.07) is 4.60. The van der Waals surface area contributed by atoms with Crippen LogP contribution in [0.5, 0.6) is 5.75 Å². The van der Waals surface area contributed by atoms with E-state index in [9.17, 15) is 13.2 Å². The number of nitrogens with one attached hydrogen (secondary N) is 1. The van der Waals surface area contributed by atoms with Crippen molar-refractivity contribution in [1.82, 2.24) is 0 Å². The van der Waals surface area contributed by atoms with Crippen molar-refractivity contribution in [3.63, 3.8) is 0 Å². The van der Waals surface area contributed by atoms with Crippen LogP contribution in [-0.4, -0.2) is 12.9 Å². The molecule has 0 aromatic heterocycles. The first kappa shape index (κ1) is 15.0. The van der Waals surface area contributed by atoms with Crippen LogP contribution in [0.3, 0.4) is 0 Å². The quantitative estimate of drug-likeness (QED) is 0.836. The fourth-order valence-electron chi connectivity index (χ4n) is 3.20.